The Hall–Kier alpha value is -1.75. The van der Waals surface area contributed by atoms with Crippen molar-refractivity contribution in [3.05, 3.63) is 59.8 Å². The van der Waals surface area contributed by atoms with Crippen LogP contribution in [0.25, 0.3) is 0 Å². The number of furan rings is 1. The lowest BCUT2D eigenvalue weighted by molar-refractivity contribution is 0.0955. The van der Waals surface area contributed by atoms with Gasteiger partial charge in [0.1, 0.15) is 11.6 Å². The van der Waals surface area contributed by atoms with Gasteiger partial charge in [0, 0.05) is 17.9 Å². The molecule has 0 fully saturated rings. The average Bonchev–Trinajstić information content (AvgIpc) is 2.91. The highest BCUT2D eigenvalue weighted by Gasteiger charge is 2.05. The first-order valence-electron chi connectivity index (χ1n) is 5.89. The van der Waals surface area contributed by atoms with Crippen molar-refractivity contribution in [2.75, 3.05) is 12.3 Å². The van der Waals surface area contributed by atoms with Crippen LogP contribution >= 0.6 is 11.8 Å². The van der Waals surface area contributed by atoms with E-state index in [1.807, 2.05) is 12.1 Å². The number of hydrogen-bond donors (Lipinski definition) is 1. The number of carbonyl (C=O) groups excluding carboxylic acids is 1. The van der Waals surface area contributed by atoms with E-state index < -0.39 is 5.82 Å². The van der Waals surface area contributed by atoms with E-state index in [2.05, 4.69) is 5.32 Å². The van der Waals surface area contributed by atoms with Crippen LogP contribution in [0.2, 0.25) is 0 Å². The molecule has 0 atom stereocenters. The normalized spacial score (nSPS) is 10.4. The molecule has 1 aromatic carbocycles. The van der Waals surface area contributed by atoms with Crippen LogP contribution in [-0.2, 0) is 5.75 Å². The highest BCUT2D eigenvalue weighted by atomic mass is 32.2. The number of thioether (sulfide) groups is 1. The fourth-order valence-electron chi connectivity index (χ4n) is 1.54. The van der Waals surface area contributed by atoms with Crippen molar-refractivity contribution < 1.29 is 13.6 Å². The molecule has 100 valence electrons. The summed E-state index contributed by atoms with van der Waals surface area (Å²) in [6.45, 7) is 0.542. The molecule has 0 unspecified atom stereocenters. The maximum absolute atomic E-state index is 12.9. The molecule has 0 spiro atoms. The molecule has 0 aliphatic carbocycles. The fourth-order valence-corrected chi connectivity index (χ4v) is 2.29. The molecule has 0 saturated heterocycles. The summed E-state index contributed by atoms with van der Waals surface area (Å²) >= 11 is 1.67. The molecule has 1 amide bonds. The van der Waals surface area contributed by atoms with Crippen molar-refractivity contribution in [1.82, 2.24) is 5.32 Å². The van der Waals surface area contributed by atoms with E-state index in [9.17, 15) is 9.18 Å². The summed E-state index contributed by atoms with van der Waals surface area (Å²) in [5.74, 6) is 1.82. The molecule has 0 bridgehead atoms. The minimum Gasteiger partial charge on any atom is -0.468 e. The molecule has 0 radical (unpaired) electrons. The SMILES string of the molecule is O=C(NCCSCc1ccco1)c1cccc(F)c1. The smallest absolute Gasteiger partial charge is 0.251 e. The van der Waals surface area contributed by atoms with Crippen LogP contribution in [-0.4, -0.2) is 18.2 Å². The molecule has 1 heterocycles. The van der Waals surface area contributed by atoms with E-state index in [4.69, 9.17) is 4.42 Å². The van der Waals surface area contributed by atoms with Gasteiger partial charge >= 0.3 is 0 Å². The van der Waals surface area contributed by atoms with Gasteiger partial charge in [-0.05, 0) is 30.3 Å². The summed E-state index contributed by atoms with van der Waals surface area (Å²) in [6, 6.07) is 9.42. The third-order valence-corrected chi connectivity index (χ3v) is 3.42. The number of benzene rings is 1. The van der Waals surface area contributed by atoms with Crippen molar-refractivity contribution in [2.24, 2.45) is 0 Å². The van der Waals surface area contributed by atoms with Gasteiger partial charge in [-0.25, -0.2) is 4.39 Å². The molecule has 3 nitrogen and oxygen atoms in total. The van der Waals surface area contributed by atoms with Gasteiger partial charge in [0.05, 0.1) is 12.0 Å². The Morgan fingerprint density at radius 3 is 2.95 bits per heavy atom. The first kappa shape index (κ1) is 13.7. The summed E-state index contributed by atoms with van der Waals surface area (Å²) in [4.78, 5) is 11.7. The molecule has 0 aliphatic rings. The van der Waals surface area contributed by atoms with Gasteiger partial charge in [-0.2, -0.15) is 11.8 Å². The number of carbonyl (C=O) groups is 1. The first-order chi connectivity index (χ1) is 9.25. The second-order valence-electron chi connectivity index (χ2n) is 3.90. The Balaban J connectivity index is 1.67. The van der Waals surface area contributed by atoms with Crippen LogP contribution in [0.15, 0.2) is 47.1 Å². The number of halogens is 1. The van der Waals surface area contributed by atoms with E-state index in [-0.39, 0.29) is 5.91 Å². The number of hydrogen-bond acceptors (Lipinski definition) is 3. The Labute approximate surface area is 115 Å². The fraction of sp³-hybridized carbons (Fsp3) is 0.214. The van der Waals surface area contributed by atoms with Crippen LogP contribution in [0, 0.1) is 5.82 Å². The molecule has 2 aromatic rings. The molecule has 0 aliphatic heterocycles. The van der Waals surface area contributed by atoms with Gasteiger partial charge in [-0.1, -0.05) is 6.07 Å². The summed E-state index contributed by atoms with van der Waals surface area (Å²) in [6.07, 6.45) is 1.64. The van der Waals surface area contributed by atoms with Crippen LogP contribution < -0.4 is 5.32 Å². The highest BCUT2D eigenvalue weighted by Crippen LogP contribution is 2.11. The Morgan fingerprint density at radius 1 is 1.32 bits per heavy atom. The standard InChI is InChI=1S/C14H14FNO2S/c15-12-4-1-3-11(9-12)14(17)16-6-8-19-10-13-5-2-7-18-13/h1-5,7,9H,6,8,10H2,(H,16,17). The zero-order valence-corrected chi connectivity index (χ0v) is 11.1. The van der Waals surface area contributed by atoms with Gasteiger partial charge in [0.2, 0.25) is 0 Å². The van der Waals surface area contributed by atoms with Crippen molar-refractivity contribution in [3.63, 3.8) is 0 Å². The van der Waals surface area contributed by atoms with Crippen molar-refractivity contribution >= 4 is 17.7 Å². The maximum atomic E-state index is 12.9. The Bertz CT molecular complexity index is 528. The summed E-state index contributed by atoms with van der Waals surface area (Å²) in [5, 5.41) is 2.75. The van der Waals surface area contributed by atoms with Crippen molar-refractivity contribution in [1.29, 1.82) is 0 Å². The van der Waals surface area contributed by atoms with Crippen LogP contribution in [0.3, 0.4) is 0 Å². The maximum Gasteiger partial charge on any atom is 0.251 e. The highest BCUT2D eigenvalue weighted by molar-refractivity contribution is 7.98. The van der Waals surface area contributed by atoms with E-state index in [1.165, 1.54) is 18.2 Å². The van der Waals surface area contributed by atoms with E-state index in [0.717, 1.165) is 17.3 Å². The molecule has 0 saturated carbocycles. The predicted molar refractivity (Wildman–Crippen MR) is 73.6 cm³/mol. The number of amides is 1. The predicted octanol–water partition coefficient (Wildman–Crippen LogP) is 3.08. The molecule has 2 rings (SSSR count). The molecular formula is C14H14FNO2S. The van der Waals surface area contributed by atoms with E-state index in [1.54, 1.807) is 24.1 Å². The minimum absolute atomic E-state index is 0.252. The summed E-state index contributed by atoms with van der Waals surface area (Å²) < 4.78 is 18.1. The molecule has 5 heteroatoms. The Morgan fingerprint density at radius 2 is 2.21 bits per heavy atom. The van der Waals surface area contributed by atoms with Crippen LogP contribution in [0.5, 0.6) is 0 Å². The molecular weight excluding hydrogens is 265 g/mol. The third-order valence-electron chi connectivity index (χ3n) is 2.44. The van der Waals surface area contributed by atoms with E-state index >= 15 is 0 Å². The quantitative estimate of drug-likeness (QED) is 0.826. The lowest BCUT2D eigenvalue weighted by atomic mass is 10.2. The largest absolute Gasteiger partial charge is 0.468 e. The Kier molecular flexibility index (Phi) is 5.03. The van der Waals surface area contributed by atoms with Gasteiger partial charge < -0.3 is 9.73 Å². The zero-order valence-electron chi connectivity index (χ0n) is 10.3. The van der Waals surface area contributed by atoms with Gasteiger partial charge in [0.15, 0.2) is 0 Å². The molecule has 1 aromatic heterocycles. The van der Waals surface area contributed by atoms with Gasteiger partial charge in [-0.15, -0.1) is 0 Å². The number of rotatable bonds is 6. The number of nitrogens with one attached hydrogen (secondary N) is 1. The summed E-state index contributed by atoms with van der Waals surface area (Å²) in [5.41, 5.74) is 0.344. The monoisotopic (exact) mass is 279 g/mol. The molecule has 1 N–H and O–H groups in total. The van der Waals surface area contributed by atoms with Gasteiger partial charge in [0.25, 0.3) is 5.91 Å². The van der Waals surface area contributed by atoms with Crippen LogP contribution in [0.4, 0.5) is 4.39 Å². The first-order valence-corrected chi connectivity index (χ1v) is 7.05. The topological polar surface area (TPSA) is 42.2 Å². The molecule has 19 heavy (non-hydrogen) atoms. The zero-order chi connectivity index (χ0) is 13.5. The van der Waals surface area contributed by atoms with Crippen molar-refractivity contribution in [3.8, 4) is 0 Å². The second-order valence-corrected chi connectivity index (χ2v) is 5.00. The van der Waals surface area contributed by atoms with Crippen LogP contribution in [0.1, 0.15) is 16.1 Å². The second kappa shape index (κ2) is 6.99. The lowest BCUT2D eigenvalue weighted by Gasteiger charge is -2.04. The van der Waals surface area contributed by atoms with E-state index in [0.29, 0.717) is 12.1 Å². The summed E-state index contributed by atoms with van der Waals surface area (Å²) in [7, 11) is 0. The lowest BCUT2D eigenvalue weighted by Crippen LogP contribution is -2.25. The average molecular weight is 279 g/mol. The van der Waals surface area contributed by atoms with Crippen molar-refractivity contribution in [2.45, 2.75) is 5.75 Å². The van der Waals surface area contributed by atoms with Gasteiger partial charge in [-0.3, -0.25) is 4.79 Å². The third kappa shape index (κ3) is 4.44. The minimum atomic E-state index is -0.403.